The molecule has 21 heavy (non-hydrogen) atoms. The van der Waals surface area contributed by atoms with Gasteiger partial charge in [-0.3, -0.25) is 0 Å². The number of ether oxygens (including phenoxy) is 4. The molecule has 0 saturated carbocycles. The molecule has 0 fully saturated rings. The van der Waals surface area contributed by atoms with Crippen molar-refractivity contribution in [3.63, 3.8) is 0 Å². The van der Waals surface area contributed by atoms with Crippen LogP contribution in [0.3, 0.4) is 0 Å². The molecule has 120 valence electrons. The van der Waals surface area contributed by atoms with Crippen molar-refractivity contribution in [2.45, 2.75) is 0 Å². The van der Waals surface area contributed by atoms with Crippen LogP contribution in [0.5, 0.6) is 5.75 Å². The molecular formula is C12H15F4NO4. The topological polar surface area (TPSA) is 49.8 Å². The highest BCUT2D eigenvalue weighted by Gasteiger charge is 2.21. The Morgan fingerprint density at radius 3 is 1.76 bits per heavy atom. The molecule has 0 aliphatic rings. The molecule has 1 heterocycles. The van der Waals surface area contributed by atoms with E-state index >= 15 is 0 Å². The van der Waals surface area contributed by atoms with Crippen LogP contribution in [0.4, 0.5) is 17.6 Å². The first-order valence-electron chi connectivity index (χ1n) is 6.05. The van der Waals surface area contributed by atoms with E-state index in [-0.39, 0.29) is 19.8 Å². The van der Waals surface area contributed by atoms with Crippen LogP contribution in [-0.4, -0.2) is 51.7 Å². The normalized spacial score (nSPS) is 10.9. The molecular weight excluding hydrogens is 298 g/mol. The lowest BCUT2D eigenvalue weighted by Gasteiger charge is -2.09. The van der Waals surface area contributed by atoms with Gasteiger partial charge < -0.3 is 18.9 Å². The molecule has 0 aromatic carbocycles. The lowest BCUT2D eigenvalue weighted by Crippen LogP contribution is -2.14. The van der Waals surface area contributed by atoms with Crippen molar-refractivity contribution in [1.29, 1.82) is 0 Å². The molecule has 1 aromatic heterocycles. The van der Waals surface area contributed by atoms with Gasteiger partial charge in [0.05, 0.1) is 33.0 Å². The minimum atomic E-state index is -1.77. The highest BCUT2D eigenvalue weighted by molar-refractivity contribution is 5.24. The van der Waals surface area contributed by atoms with Crippen LogP contribution in [0, 0.1) is 23.5 Å². The van der Waals surface area contributed by atoms with Crippen LogP contribution in [-0.2, 0) is 14.2 Å². The molecule has 0 aliphatic heterocycles. The number of nitrogens with zero attached hydrogens (tertiary/aromatic N) is 1. The van der Waals surface area contributed by atoms with Crippen molar-refractivity contribution in [2.24, 2.45) is 0 Å². The monoisotopic (exact) mass is 313 g/mol. The Labute approximate surface area is 118 Å². The van der Waals surface area contributed by atoms with Gasteiger partial charge in [0.2, 0.25) is 17.4 Å². The van der Waals surface area contributed by atoms with Crippen LogP contribution >= 0.6 is 0 Å². The predicted octanol–water partition coefficient (Wildman–Crippen LogP) is 1.70. The lowest BCUT2D eigenvalue weighted by molar-refractivity contribution is 0.0173. The summed E-state index contributed by atoms with van der Waals surface area (Å²) in [6.07, 6.45) is 0. The number of halogens is 4. The standard InChI is InChI=1S/C12H15F4NO4/c1-18-2-3-19-4-5-20-6-7-21-10-8(13)11(15)17-12(16)9(10)14/h2-7H2,1H3. The smallest absolute Gasteiger partial charge is 0.255 e. The fourth-order valence-corrected chi connectivity index (χ4v) is 1.26. The van der Waals surface area contributed by atoms with Crippen molar-refractivity contribution in [3.8, 4) is 5.75 Å². The van der Waals surface area contributed by atoms with Crippen molar-refractivity contribution < 1.29 is 36.5 Å². The van der Waals surface area contributed by atoms with E-state index in [0.29, 0.717) is 19.8 Å². The first-order valence-corrected chi connectivity index (χ1v) is 6.05. The third-order valence-corrected chi connectivity index (χ3v) is 2.24. The maximum Gasteiger partial charge on any atom is 0.255 e. The van der Waals surface area contributed by atoms with Gasteiger partial charge in [-0.25, -0.2) is 0 Å². The molecule has 1 aromatic rings. The summed E-state index contributed by atoms with van der Waals surface area (Å²) in [5.74, 6) is -8.05. The Balaban J connectivity index is 2.24. The van der Waals surface area contributed by atoms with Gasteiger partial charge in [-0.15, -0.1) is 0 Å². The largest absolute Gasteiger partial charge is 0.485 e. The first kappa shape index (κ1) is 17.6. The third-order valence-electron chi connectivity index (χ3n) is 2.24. The molecule has 0 spiro atoms. The summed E-state index contributed by atoms with van der Waals surface area (Å²) in [5.41, 5.74) is 0. The summed E-state index contributed by atoms with van der Waals surface area (Å²) in [7, 11) is 1.54. The summed E-state index contributed by atoms with van der Waals surface area (Å²) in [4.78, 5) is 2.41. The third kappa shape index (κ3) is 5.82. The van der Waals surface area contributed by atoms with E-state index in [2.05, 4.69) is 9.72 Å². The number of aromatic nitrogens is 1. The zero-order valence-corrected chi connectivity index (χ0v) is 11.3. The average Bonchev–Trinajstić information content (AvgIpc) is 2.46. The molecule has 1 rings (SSSR count). The molecule has 9 heteroatoms. The highest BCUT2D eigenvalue weighted by Crippen LogP contribution is 2.24. The highest BCUT2D eigenvalue weighted by atomic mass is 19.2. The summed E-state index contributed by atoms with van der Waals surface area (Å²) >= 11 is 0. The SMILES string of the molecule is COCCOCCOCCOc1c(F)c(F)nc(F)c1F. The minimum absolute atomic E-state index is 0.0297. The fourth-order valence-electron chi connectivity index (χ4n) is 1.26. The Morgan fingerprint density at radius 1 is 0.762 bits per heavy atom. The van der Waals surface area contributed by atoms with Crippen molar-refractivity contribution in [3.05, 3.63) is 23.5 Å². The first-order chi connectivity index (χ1) is 10.1. The Kier molecular flexibility index (Phi) is 7.95. The quantitative estimate of drug-likeness (QED) is 0.374. The average molecular weight is 313 g/mol. The molecule has 0 aliphatic carbocycles. The molecule has 0 bridgehead atoms. The van der Waals surface area contributed by atoms with Gasteiger partial charge in [-0.2, -0.15) is 22.5 Å². The Hall–Kier alpha value is -1.45. The molecule has 0 N–H and O–H groups in total. The van der Waals surface area contributed by atoms with Gasteiger partial charge in [0.1, 0.15) is 6.61 Å². The number of hydrogen-bond donors (Lipinski definition) is 0. The minimum Gasteiger partial charge on any atom is -0.485 e. The van der Waals surface area contributed by atoms with Gasteiger partial charge in [0, 0.05) is 7.11 Å². The molecule has 0 atom stereocenters. The van der Waals surface area contributed by atoms with E-state index in [0.717, 1.165) is 0 Å². The second kappa shape index (κ2) is 9.48. The summed E-state index contributed by atoms with van der Waals surface area (Å²) in [6.45, 7) is 1.11. The molecule has 5 nitrogen and oxygen atoms in total. The van der Waals surface area contributed by atoms with Crippen LogP contribution in [0.2, 0.25) is 0 Å². The van der Waals surface area contributed by atoms with Gasteiger partial charge in [-0.05, 0) is 0 Å². The van der Waals surface area contributed by atoms with Gasteiger partial charge >= 0.3 is 0 Å². The fraction of sp³-hybridized carbons (Fsp3) is 0.583. The second-order valence-electron chi connectivity index (χ2n) is 3.72. The van der Waals surface area contributed by atoms with E-state index in [1.807, 2.05) is 0 Å². The summed E-state index contributed by atoms with van der Waals surface area (Å²) in [6, 6.07) is 0. The van der Waals surface area contributed by atoms with Crippen LogP contribution < -0.4 is 4.74 Å². The number of hydrogen-bond acceptors (Lipinski definition) is 5. The lowest BCUT2D eigenvalue weighted by atomic mass is 10.4. The predicted molar refractivity (Wildman–Crippen MR) is 63.1 cm³/mol. The van der Waals surface area contributed by atoms with Gasteiger partial charge in [0.15, 0.2) is 0 Å². The Morgan fingerprint density at radius 2 is 1.24 bits per heavy atom. The van der Waals surface area contributed by atoms with E-state index in [1.54, 1.807) is 7.11 Å². The Bertz CT molecular complexity index is 422. The van der Waals surface area contributed by atoms with E-state index in [1.165, 1.54) is 0 Å². The zero-order chi connectivity index (χ0) is 15.7. The van der Waals surface area contributed by atoms with Crippen molar-refractivity contribution >= 4 is 0 Å². The molecule has 0 radical (unpaired) electrons. The van der Waals surface area contributed by atoms with Crippen molar-refractivity contribution in [2.75, 3.05) is 46.8 Å². The van der Waals surface area contributed by atoms with Gasteiger partial charge in [0.25, 0.3) is 11.9 Å². The molecule has 0 unspecified atom stereocenters. The number of rotatable bonds is 10. The number of pyridine rings is 1. The van der Waals surface area contributed by atoms with Gasteiger partial charge in [-0.1, -0.05) is 0 Å². The van der Waals surface area contributed by atoms with Crippen LogP contribution in [0.25, 0.3) is 0 Å². The van der Waals surface area contributed by atoms with E-state index in [9.17, 15) is 17.6 Å². The molecule has 0 amide bonds. The number of methoxy groups -OCH3 is 1. The van der Waals surface area contributed by atoms with Crippen molar-refractivity contribution in [1.82, 2.24) is 4.98 Å². The maximum absolute atomic E-state index is 13.1. The summed E-state index contributed by atoms with van der Waals surface area (Å²) in [5, 5.41) is 0. The van der Waals surface area contributed by atoms with Crippen LogP contribution in [0.15, 0.2) is 0 Å². The van der Waals surface area contributed by atoms with E-state index in [4.69, 9.17) is 14.2 Å². The second-order valence-corrected chi connectivity index (χ2v) is 3.72. The zero-order valence-electron chi connectivity index (χ0n) is 11.3. The van der Waals surface area contributed by atoms with Crippen LogP contribution in [0.1, 0.15) is 0 Å². The summed E-state index contributed by atoms with van der Waals surface area (Å²) < 4.78 is 71.3. The van der Waals surface area contributed by atoms with E-state index < -0.39 is 29.3 Å². The molecule has 0 saturated heterocycles. The maximum atomic E-state index is 13.1.